The molecule has 0 heterocycles. The Morgan fingerprint density at radius 2 is 2.06 bits per heavy atom. The van der Waals surface area contributed by atoms with Gasteiger partial charge in [-0.3, -0.25) is 4.79 Å². The Bertz CT molecular complexity index is 415. The minimum atomic E-state index is -0.979. The second kappa shape index (κ2) is 4.55. The Morgan fingerprint density at radius 3 is 2.50 bits per heavy atom. The van der Waals surface area contributed by atoms with Crippen LogP contribution in [-0.2, 0) is 10.2 Å². The van der Waals surface area contributed by atoms with Gasteiger partial charge in [0.2, 0.25) is 0 Å². The summed E-state index contributed by atoms with van der Waals surface area (Å²) in [6.45, 7) is 5.65. The van der Waals surface area contributed by atoms with Gasteiger partial charge in [-0.2, -0.15) is 0 Å². The van der Waals surface area contributed by atoms with Crippen LogP contribution in [0.4, 0.5) is 0 Å². The maximum atomic E-state index is 11.0. The molecule has 0 saturated carbocycles. The summed E-state index contributed by atoms with van der Waals surface area (Å²) >= 11 is 3.38. The van der Waals surface area contributed by atoms with Crippen LogP contribution in [-0.4, -0.2) is 17.1 Å². The number of carboxylic acid groups (broad SMARTS) is 1. The van der Waals surface area contributed by atoms with Crippen molar-refractivity contribution < 1.29 is 9.90 Å². The maximum Gasteiger partial charge on any atom is 0.321 e. The van der Waals surface area contributed by atoms with Crippen LogP contribution >= 0.6 is 15.9 Å². The molecule has 1 rings (SSSR count). The number of hydrogen-bond acceptors (Lipinski definition) is 2. The highest BCUT2D eigenvalue weighted by Gasteiger charge is 2.34. The molecule has 0 aliphatic carbocycles. The van der Waals surface area contributed by atoms with E-state index in [2.05, 4.69) is 15.9 Å². The van der Waals surface area contributed by atoms with Gasteiger partial charge in [0, 0.05) is 9.89 Å². The zero-order chi connectivity index (χ0) is 12.5. The fourth-order valence-corrected chi connectivity index (χ4v) is 2.30. The monoisotopic (exact) mass is 285 g/mol. The van der Waals surface area contributed by atoms with Gasteiger partial charge in [-0.15, -0.1) is 0 Å². The van der Waals surface area contributed by atoms with E-state index in [9.17, 15) is 4.79 Å². The Labute approximate surface area is 104 Å². The molecule has 1 atom stereocenters. The predicted octanol–water partition coefficient (Wildman–Crippen LogP) is 2.45. The van der Waals surface area contributed by atoms with Gasteiger partial charge >= 0.3 is 5.97 Å². The van der Waals surface area contributed by atoms with Crippen molar-refractivity contribution in [2.24, 2.45) is 5.73 Å². The van der Waals surface area contributed by atoms with Crippen LogP contribution in [0, 0.1) is 6.92 Å². The molecule has 88 valence electrons. The number of halogens is 1. The molecule has 0 spiro atoms. The Balaban J connectivity index is 3.21. The molecular weight excluding hydrogens is 270 g/mol. The normalized spacial score (nSPS) is 13.6. The molecule has 1 unspecified atom stereocenters. The van der Waals surface area contributed by atoms with E-state index in [0.717, 1.165) is 15.6 Å². The lowest BCUT2D eigenvalue weighted by Gasteiger charge is -2.30. The number of carboxylic acids is 1. The minimum absolute atomic E-state index is 0.587. The highest BCUT2D eigenvalue weighted by molar-refractivity contribution is 9.10. The molecule has 0 aliphatic rings. The van der Waals surface area contributed by atoms with Crippen molar-refractivity contribution in [2.75, 3.05) is 0 Å². The summed E-state index contributed by atoms with van der Waals surface area (Å²) in [4.78, 5) is 11.0. The Hall–Kier alpha value is -0.870. The van der Waals surface area contributed by atoms with Gasteiger partial charge in [0.05, 0.1) is 0 Å². The average molecular weight is 286 g/mol. The lowest BCUT2D eigenvalue weighted by atomic mass is 9.76. The first-order chi connectivity index (χ1) is 7.26. The van der Waals surface area contributed by atoms with Crippen LogP contribution in [0.1, 0.15) is 25.0 Å². The summed E-state index contributed by atoms with van der Waals surface area (Å²) < 4.78 is 0.980. The summed E-state index contributed by atoms with van der Waals surface area (Å²) in [6, 6.07) is 4.87. The van der Waals surface area contributed by atoms with Crippen molar-refractivity contribution >= 4 is 21.9 Å². The molecule has 0 saturated heterocycles. The molecule has 3 nitrogen and oxygen atoms in total. The SMILES string of the molecule is Cc1cc(Br)ccc1C(C)(C)C(N)C(=O)O. The molecule has 0 aromatic heterocycles. The molecule has 0 amide bonds. The number of aryl methyl sites for hydroxylation is 1. The quantitative estimate of drug-likeness (QED) is 0.897. The van der Waals surface area contributed by atoms with E-state index < -0.39 is 17.4 Å². The minimum Gasteiger partial charge on any atom is -0.480 e. The van der Waals surface area contributed by atoms with Crippen molar-refractivity contribution in [3.63, 3.8) is 0 Å². The van der Waals surface area contributed by atoms with Crippen molar-refractivity contribution in [1.29, 1.82) is 0 Å². The summed E-state index contributed by atoms with van der Waals surface area (Å²) in [5, 5.41) is 8.99. The standard InChI is InChI=1S/C12H16BrNO2/c1-7-6-8(13)4-5-9(7)12(2,3)10(14)11(15)16/h4-6,10H,14H2,1-3H3,(H,15,16). The lowest BCUT2D eigenvalue weighted by Crippen LogP contribution is -2.47. The van der Waals surface area contributed by atoms with Crippen LogP contribution < -0.4 is 5.73 Å². The van der Waals surface area contributed by atoms with E-state index in [1.54, 1.807) is 0 Å². The zero-order valence-electron chi connectivity index (χ0n) is 9.62. The summed E-state index contributed by atoms with van der Waals surface area (Å²) in [5.74, 6) is -0.979. The molecule has 3 N–H and O–H groups in total. The van der Waals surface area contributed by atoms with Gasteiger partial charge in [0.15, 0.2) is 0 Å². The van der Waals surface area contributed by atoms with Gasteiger partial charge < -0.3 is 10.8 Å². The first-order valence-electron chi connectivity index (χ1n) is 5.02. The average Bonchev–Trinajstić information content (AvgIpc) is 2.15. The third-order valence-electron chi connectivity index (χ3n) is 2.93. The molecule has 4 heteroatoms. The van der Waals surface area contributed by atoms with E-state index in [-0.39, 0.29) is 0 Å². The van der Waals surface area contributed by atoms with Crippen LogP contribution in [0.3, 0.4) is 0 Å². The number of hydrogen-bond donors (Lipinski definition) is 2. The van der Waals surface area contributed by atoms with E-state index in [4.69, 9.17) is 10.8 Å². The van der Waals surface area contributed by atoms with E-state index in [1.807, 2.05) is 39.0 Å². The lowest BCUT2D eigenvalue weighted by molar-refractivity contribution is -0.140. The summed E-state index contributed by atoms with van der Waals surface area (Å²) in [7, 11) is 0. The fourth-order valence-electron chi connectivity index (χ4n) is 1.83. The fraction of sp³-hybridized carbons (Fsp3) is 0.417. The second-order valence-electron chi connectivity index (χ2n) is 4.50. The molecule has 0 radical (unpaired) electrons. The molecule has 0 aliphatic heterocycles. The third-order valence-corrected chi connectivity index (χ3v) is 3.42. The van der Waals surface area contributed by atoms with E-state index in [0.29, 0.717) is 0 Å². The number of carbonyl (C=O) groups is 1. The first-order valence-corrected chi connectivity index (χ1v) is 5.81. The Kier molecular flexibility index (Phi) is 3.76. The first kappa shape index (κ1) is 13.2. The maximum absolute atomic E-state index is 11.0. The third kappa shape index (κ3) is 2.44. The summed E-state index contributed by atoms with van der Waals surface area (Å²) in [6.07, 6.45) is 0. The zero-order valence-corrected chi connectivity index (χ0v) is 11.2. The van der Waals surface area contributed by atoms with E-state index >= 15 is 0 Å². The number of benzene rings is 1. The van der Waals surface area contributed by atoms with Crippen LogP contribution in [0.15, 0.2) is 22.7 Å². The van der Waals surface area contributed by atoms with Crippen LogP contribution in [0.2, 0.25) is 0 Å². The van der Waals surface area contributed by atoms with Gasteiger partial charge in [0.25, 0.3) is 0 Å². The van der Waals surface area contributed by atoms with Gasteiger partial charge in [-0.1, -0.05) is 35.8 Å². The molecule has 1 aromatic carbocycles. The highest BCUT2D eigenvalue weighted by Crippen LogP contribution is 2.30. The number of aliphatic carboxylic acids is 1. The smallest absolute Gasteiger partial charge is 0.321 e. The van der Waals surface area contributed by atoms with Crippen LogP contribution in [0.25, 0.3) is 0 Å². The van der Waals surface area contributed by atoms with Gasteiger partial charge in [-0.05, 0) is 30.2 Å². The predicted molar refractivity (Wildman–Crippen MR) is 67.5 cm³/mol. The van der Waals surface area contributed by atoms with Crippen LogP contribution in [0.5, 0.6) is 0 Å². The molecule has 16 heavy (non-hydrogen) atoms. The topological polar surface area (TPSA) is 63.3 Å². The van der Waals surface area contributed by atoms with Crippen molar-refractivity contribution in [3.05, 3.63) is 33.8 Å². The second-order valence-corrected chi connectivity index (χ2v) is 5.41. The van der Waals surface area contributed by atoms with Crippen molar-refractivity contribution in [2.45, 2.75) is 32.2 Å². The van der Waals surface area contributed by atoms with E-state index in [1.165, 1.54) is 0 Å². The number of rotatable bonds is 3. The molecule has 1 aromatic rings. The van der Waals surface area contributed by atoms with Gasteiger partial charge in [-0.25, -0.2) is 0 Å². The molecule has 0 fully saturated rings. The largest absolute Gasteiger partial charge is 0.480 e. The van der Waals surface area contributed by atoms with Crippen molar-refractivity contribution in [1.82, 2.24) is 0 Å². The summed E-state index contributed by atoms with van der Waals surface area (Å²) in [5.41, 5.74) is 7.14. The molecular formula is C12H16BrNO2. The Morgan fingerprint density at radius 1 is 1.50 bits per heavy atom. The van der Waals surface area contributed by atoms with Gasteiger partial charge in [0.1, 0.15) is 6.04 Å². The number of nitrogens with two attached hydrogens (primary N) is 1. The van der Waals surface area contributed by atoms with Crippen molar-refractivity contribution in [3.8, 4) is 0 Å². The highest BCUT2D eigenvalue weighted by atomic mass is 79.9. The molecule has 0 bridgehead atoms.